The molecule has 3 aromatic rings. The van der Waals surface area contributed by atoms with Crippen molar-refractivity contribution in [1.82, 2.24) is 10.2 Å². The fraction of sp³-hybridized carbons (Fsp3) is 0.306. The fourth-order valence-corrected chi connectivity index (χ4v) is 7.50. The minimum absolute atomic E-state index is 0.0119. The third-order valence-electron chi connectivity index (χ3n) is 9.61. The number of hydrogen-bond acceptors (Lipinski definition) is 9. The average molecular weight is 624 g/mol. The van der Waals surface area contributed by atoms with Gasteiger partial charge in [0, 0.05) is 24.6 Å². The number of allylic oxidation sites excluding steroid dienone is 1. The number of primary amides is 1. The Morgan fingerprint density at radius 3 is 2.35 bits per heavy atom. The topological polar surface area (TPSA) is 173 Å². The maximum Gasteiger partial charge on any atom is 0.255 e. The average Bonchev–Trinajstić information content (AvgIpc) is 2.99. The molecule has 0 saturated carbocycles. The van der Waals surface area contributed by atoms with E-state index >= 15 is 0 Å². The fourth-order valence-electron chi connectivity index (χ4n) is 7.50. The Morgan fingerprint density at radius 1 is 1.00 bits per heavy atom. The molecule has 6 rings (SSSR count). The Bertz CT molecular complexity index is 1840. The van der Waals surface area contributed by atoms with Crippen molar-refractivity contribution in [3.8, 4) is 16.9 Å². The van der Waals surface area contributed by atoms with Crippen molar-refractivity contribution in [2.45, 2.75) is 44.5 Å². The zero-order valence-electron chi connectivity index (χ0n) is 25.9. The van der Waals surface area contributed by atoms with Gasteiger partial charge in [0.1, 0.15) is 22.8 Å². The van der Waals surface area contributed by atoms with Crippen LogP contribution in [0, 0.1) is 18.8 Å². The maximum absolute atomic E-state index is 14.0. The number of phenols is 1. The molecule has 0 fully saturated rings. The lowest BCUT2D eigenvalue weighted by atomic mass is 9.58. The van der Waals surface area contributed by atoms with E-state index in [2.05, 4.69) is 30.4 Å². The van der Waals surface area contributed by atoms with Crippen LogP contribution in [0.4, 0.5) is 0 Å². The van der Waals surface area contributed by atoms with Crippen molar-refractivity contribution in [2.24, 2.45) is 17.6 Å². The lowest BCUT2D eigenvalue weighted by molar-refractivity contribution is -0.148. The van der Waals surface area contributed by atoms with E-state index in [1.54, 1.807) is 20.2 Å². The number of benzene rings is 3. The summed E-state index contributed by atoms with van der Waals surface area (Å²) in [7, 11) is 3.20. The third-order valence-corrected chi connectivity index (χ3v) is 9.61. The number of rotatable bonds is 7. The van der Waals surface area contributed by atoms with Gasteiger partial charge in [-0.25, -0.2) is 0 Å². The van der Waals surface area contributed by atoms with Crippen LogP contribution in [0.15, 0.2) is 83.3 Å². The number of aliphatic hydroxyl groups is 3. The molecule has 238 valence electrons. The number of Topliss-reactive ketones (excluding diaryl/α,β-unsaturated/α-hetero) is 2. The second kappa shape index (κ2) is 11.5. The predicted octanol–water partition coefficient (Wildman–Crippen LogP) is 3.39. The van der Waals surface area contributed by atoms with Crippen molar-refractivity contribution in [1.29, 1.82) is 0 Å². The van der Waals surface area contributed by atoms with E-state index in [0.717, 1.165) is 23.2 Å². The number of amides is 1. The first-order valence-corrected chi connectivity index (χ1v) is 15.2. The summed E-state index contributed by atoms with van der Waals surface area (Å²) in [6.07, 6.45) is 0.254. The molecule has 4 unspecified atom stereocenters. The summed E-state index contributed by atoms with van der Waals surface area (Å²) in [6, 6.07) is 18.4. The zero-order chi connectivity index (χ0) is 33.1. The molecule has 46 heavy (non-hydrogen) atoms. The molecular weight excluding hydrogens is 586 g/mol. The van der Waals surface area contributed by atoms with Gasteiger partial charge in [0.15, 0.2) is 11.4 Å². The number of carbonyl (C=O) groups excluding carboxylic acids is 3. The number of ketones is 2. The van der Waals surface area contributed by atoms with Crippen molar-refractivity contribution in [3.63, 3.8) is 0 Å². The van der Waals surface area contributed by atoms with Crippen LogP contribution in [-0.2, 0) is 29.1 Å². The number of hydrogen-bond donors (Lipinski definition) is 6. The quantitative estimate of drug-likeness (QED) is 0.216. The van der Waals surface area contributed by atoms with Crippen LogP contribution in [-0.4, -0.2) is 68.5 Å². The smallest absolute Gasteiger partial charge is 0.255 e. The van der Waals surface area contributed by atoms with Gasteiger partial charge in [-0.1, -0.05) is 60.2 Å². The number of nitrogens with two attached hydrogens (primary N) is 1. The first-order chi connectivity index (χ1) is 21.8. The zero-order valence-corrected chi connectivity index (χ0v) is 25.9. The van der Waals surface area contributed by atoms with Crippen LogP contribution in [0.1, 0.15) is 39.0 Å². The number of likely N-dealkylation sites (N-methyl/N-ethyl adjacent to an activating group) is 1. The normalized spacial score (nSPS) is 24.2. The Hall–Kier alpha value is -4.77. The van der Waals surface area contributed by atoms with Crippen LogP contribution in [0.5, 0.6) is 5.75 Å². The highest BCUT2D eigenvalue weighted by molar-refractivity contribution is 6.24. The largest absolute Gasteiger partial charge is 0.510 e. The highest BCUT2D eigenvalue weighted by atomic mass is 16.3. The van der Waals surface area contributed by atoms with Crippen molar-refractivity contribution in [3.05, 3.63) is 111 Å². The monoisotopic (exact) mass is 623 g/mol. The van der Waals surface area contributed by atoms with Crippen molar-refractivity contribution in [2.75, 3.05) is 14.1 Å². The highest BCUT2D eigenvalue weighted by Gasteiger charge is 2.63. The summed E-state index contributed by atoms with van der Waals surface area (Å²) in [6.45, 7) is 3.45. The molecule has 3 aromatic carbocycles. The van der Waals surface area contributed by atoms with Gasteiger partial charge >= 0.3 is 0 Å². The van der Waals surface area contributed by atoms with Gasteiger partial charge < -0.3 is 31.5 Å². The van der Waals surface area contributed by atoms with Crippen LogP contribution < -0.4 is 11.1 Å². The number of nitrogens with one attached hydrogen (secondary N) is 1. The minimum atomic E-state index is -2.67. The van der Waals surface area contributed by atoms with E-state index in [9.17, 15) is 34.8 Å². The molecule has 10 heteroatoms. The summed E-state index contributed by atoms with van der Waals surface area (Å²) in [5, 5.41) is 48.6. The second-order valence-corrected chi connectivity index (χ2v) is 12.7. The molecule has 3 aliphatic carbocycles. The Morgan fingerprint density at radius 2 is 1.70 bits per heavy atom. The second-order valence-electron chi connectivity index (χ2n) is 12.7. The SMILES string of the molecule is Cc1cccc(CNCc2ccc(-c3ccc(O)c4c3CC3CC5C(N(C)C)C(O)=C(C(N)=O)C(=O)C5(O)C(O)=C3C4=O)cc2)c1. The van der Waals surface area contributed by atoms with E-state index in [0.29, 0.717) is 12.1 Å². The van der Waals surface area contributed by atoms with E-state index < -0.39 is 58.0 Å². The number of aryl methyl sites for hydroxylation is 1. The number of aliphatic hydroxyl groups excluding tert-OH is 2. The molecule has 0 aliphatic heterocycles. The molecule has 7 N–H and O–H groups in total. The number of carbonyl (C=O) groups is 3. The van der Waals surface area contributed by atoms with Crippen LogP contribution in [0.2, 0.25) is 0 Å². The molecule has 0 heterocycles. The van der Waals surface area contributed by atoms with E-state index in [4.69, 9.17) is 5.73 Å². The standard InChI is InChI=1S/C36H37N3O7/c1-18-5-4-6-20(13-18)17-38-16-19-7-9-21(10-8-19)23-11-12-26(40)28-24(23)14-22-15-25-30(39(2)3)32(42)29(35(37)45)34(44)36(25,46)33(43)27(22)31(28)41/h4-13,22,25,30,38,40,42-43,46H,14-17H2,1-3H3,(H2,37,45). The minimum Gasteiger partial charge on any atom is -0.510 e. The molecule has 4 atom stereocenters. The third kappa shape index (κ3) is 4.89. The lowest BCUT2D eigenvalue weighted by Crippen LogP contribution is -2.63. The summed E-state index contributed by atoms with van der Waals surface area (Å²) in [4.78, 5) is 41.2. The van der Waals surface area contributed by atoms with Crippen LogP contribution in [0.3, 0.4) is 0 Å². The first kappa shape index (κ1) is 31.2. The molecule has 0 saturated heterocycles. The van der Waals surface area contributed by atoms with Gasteiger partial charge in [-0.15, -0.1) is 0 Å². The van der Waals surface area contributed by atoms with E-state index in [-0.39, 0.29) is 29.7 Å². The van der Waals surface area contributed by atoms with Crippen molar-refractivity contribution < 1.29 is 34.8 Å². The molecule has 10 nitrogen and oxygen atoms in total. The van der Waals surface area contributed by atoms with Gasteiger partial charge in [0.2, 0.25) is 5.78 Å². The maximum atomic E-state index is 14.0. The Kier molecular flexibility index (Phi) is 7.84. The number of fused-ring (bicyclic) bond motifs is 3. The summed E-state index contributed by atoms with van der Waals surface area (Å²) in [5.74, 6) is -6.69. The Balaban J connectivity index is 1.34. The summed E-state index contributed by atoms with van der Waals surface area (Å²) >= 11 is 0. The predicted molar refractivity (Wildman–Crippen MR) is 171 cm³/mol. The highest BCUT2D eigenvalue weighted by Crippen LogP contribution is 2.53. The molecule has 0 bridgehead atoms. The molecule has 1 amide bonds. The molecule has 0 radical (unpaired) electrons. The van der Waals surface area contributed by atoms with Gasteiger partial charge in [-0.05, 0) is 73.7 Å². The van der Waals surface area contributed by atoms with Gasteiger partial charge in [-0.3, -0.25) is 19.3 Å². The lowest BCUT2D eigenvalue weighted by Gasteiger charge is -2.50. The number of aromatic hydroxyl groups is 1. The van der Waals surface area contributed by atoms with Gasteiger partial charge in [0.05, 0.1) is 11.6 Å². The van der Waals surface area contributed by atoms with E-state index in [1.807, 2.05) is 30.3 Å². The first-order valence-electron chi connectivity index (χ1n) is 15.2. The van der Waals surface area contributed by atoms with Crippen LogP contribution >= 0.6 is 0 Å². The van der Waals surface area contributed by atoms with Gasteiger partial charge in [-0.2, -0.15) is 0 Å². The molecule has 3 aliphatic rings. The molecule has 0 spiro atoms. The van der Waals surface area contributed by atoms with Crippen LogP contribution in [0.25, 0.3) is 11.1 Å². The van der Waals surface area contributed by atoms with Gasteiger partial charge in [0.25, 0.3) is 5.91 Å². The summed E-state index contributed by atoms with van der Waals surface area (Å²) < 4.78 is 0. The Labute approximate surface area is 266 Å². The number of nitrogens with zero attached hydrogens (tertiary/aromatic N) is 1. The van der Waals surface area contributed by atoms with E-state index in [1.165, 1.54) is 22.1 Å². The summed E-state index contributed by atoms with van der Waals surface area (Å²) in [5.41, 5.74) is 7.36. The number of phenolic OH excluding ortho intramolecular Hbond substituents is 1. The molecular formula is C36H37N3O7. The van der Waals surface area contributed by atoms with Crippen molar-refractivity contribution >= 4 is 17.5 Å². The molecule has 0 aromatic heterocycles.